The number of non-ortho nitro benzene ring substituents is 1. The van der Waals surface area contributed by atoms with E-state index in [1.165, 1.54) is 23.8 Å². The van der Waals surface area contributed by atoms with Gasteiger partial charge in [0.25, 0.3) is 11.6 Å². The van der Waals surface area contributed by atoms with Crippen LogP contribution in [0, 0.1) is 17.0 Å². The summed E-state index contributed by atoms with van der Waals surface area (Å²) in [5.74, 6) is -0.396. The van der Waals surface area contributed by atoms with Crippen LogP contribution in [-0.2, 0) is 0 Å². The highest BCUT2D eigenvalue weighted by molar-refractivity contribution is 7.21. The smallest absolute Gasteiger partial charge is 0.270 e. The van der Waals surface area contributed by atoms with Crippen molar-refractivity contribution in [2.24, 2.45) is 0 Å². The number of hydrogen-bond donors (Lipinski definition) is 1. The first-order valence-electron chi connectivity index (χ1n) is 8.53. The number of carbonyl (C=O) groups excluding carboxylic acids is 1. The van der Waals surface area contributed by atoms with Gasteiger partial charge in [-0.3, -0.25) is 14.9 Å². The van der Waals surface area contributed by atoms with E-state index in [2.05, 4.69) is 23.3 Å². The average Bonchev–Trinajstić information content (AvgIpc) is 3.11. The number of amides is 1. The second-order valence-corrected chi connectivity index (χ2v) is 7.36. The minimum Gasteiger partial charge on any atom is -0.322 e. The lowest BCUT2D eigenvalue weighted by molar-refractivity contribution is -0.384. The van der Waals surface area contributed by atoms with Crippen LogP contribution in [0.1, 0.15) is 15.9 Å². The van der Waals surface area contributed by atoms with Crippen molar-refractivity contribution < 1.29 is 9.72 Å². The zero-order valence-corrected chi connectivity index (χ0v) is 15.7. The van der Waals surface area contributed by atoms with E-state index in [-0.39, 0.29) is 11.3 Å². The van der Waals surface area contributed by atoms with Crippen LogP contribution in [0.15, 0.2) is 66.7 Å². The summed E-state index contributed by atoms with van der Waals surface area (Å²) >= 11 is 1.62. The minimum atomic E-state index is -0.523. The molecule has 0 bridgehead atoms. The van der Waals surface area contributed by atoms with Gasteiger partial charge >= 0.3 is 0 Å². The Morgan fingerprint density at radius 2 is 1.86 bits per heavy atom. The fourth-order valence-electron chi connectivity index (χ4n) is 2.82. The highest BCUT2D eigenvalue weighted by Gasteiger charge is 2.12. The van der Waals surface area contributed by atoms with Crippen molar-refractivity contribution >= 4 is 38.8 Å². The average molecular weight is 389 g/mol. The normalized spacial score (nSPS) is 10.8. The lowest BCUT2D eigenvalue weighted by atomic mass is 10.1. The van der Waals surface area contributed by atoms with Crippen LogP contribution in [-0.4, -0.2) is 15.8 Å². The first-order chi connectivity index (χ1) is 13.5. The molecule has 0 aliphatic rings. The number of nitro benzene ring substituents is 1. The Hall–Kier alpha value is -3.58. The molecule has 1 amide bonds. The van der Waals surface area contributed by atoms with Crippen molar-refractivity contribution in [3.63, 3.8) is 0 Å². The van der Waals surface area contributed by atoms with Gasteiger partial charge in [0.2, 0.25) is 0 Å². The topological polar surface area (TPSA) is 85.1 Å². The molecule has 0 saturated carbocycles. The molecule has 138 valence electrons. The van der Waals surface area contributed by atoms with Gasteiger partial charge in [-0.1, -0.05) is 12.1 Å². The molecule has 0 fully saturated rings. The van der Waals surface area contributed by atoms with Crippen molar-refractivity contribution in [1.29, 1.82) is 0 Å². The van der Waals surface area contributed by atoms with Crippen molar-refractivity contribution in [3.8, 4) is 10.6 Å². The maximum atomic E-state index is 12.3. The van der Waals surface area contributed by atoms with E-state index in [1.807, 2.05) is 24.3 Å². The molecule has 0 saturated heterocycles. The van der Waals surface area contributed by atoms with E-state index >= 15 is 0 Å². The molecular weight excluding hydrogens is 374 g/mol. The molecule has 0 radical (unpaired) electrons. The Morgan fingerprint density at radius 1 is 1.07 bits per heavy atom. The maximum Gasteiger partial charge on any atom is 0.270 e. The van der Waals surface area contributed by atoms with Crippen molar-refractivity contribution in [2.45, 2.75) is 6.92 Å². The predicted molar refractivity (Wildman–Crippen MR) is 111 cm³/mol. The van der Waals surface area contributed by atoms with Crippen LogP contribution >= 0.6 is 11.3 Å². The molecule has 0 unspecified atom stereocenters. The summed E-state index contributed by atoms with van der Waals surface area (Å²) in [5, 5.41) is 14.5. The zero-order valence-electron chi connectivity index (χ0n) is 14.9. The largest absolute Gasteiger partial charge is 0.322 e. The van der Waals surface area contributed by atoms with Crippen molar-refractivity contribution in [1.82, 2.24) is 4.98 Å². The Labute approximate surface area is 164 Å². The summed E-state index contributed by atoms with van der Waals surface area (Å²) in [6.07, 6.45) is 0. The Bertz CT molecular complexity index is 1200. The van der Waals surface area contributed by atoms with Gasteiger partial charge in [-0.05, 0) is 55.0 Å². The van der Waals surface area contributed by atoms with Crippen LogP contribution in [0.3, 0.4) is 0 Å². The molecule has 0 atom stereocenters. The van der Waals surface area contributed by atoms with Gasteiger partial charge in [0.05, 0.1) is 15.1 Å². The molecule has 1 aromatic heterocycles. The van der Waals surface area contributed by atoms with E-state index in [4.69, 9.17) is 0 Å². The van der Waals surface area contributed by atoms with Gasteiger partial charge in [-0.25, -0.2) is 4.98 Å². The number of nitro groups is 1. The van der Waals surface area contributed by atoms with E-state index in [9.17, 15) is 14.9 Å². The molecule has 1 N–H and O–H groups in total. The van der Waals surface area contributed by atoms with Gasteiger partial charge in [-0.15, -0.1) is 11.3 Å². The molecule has 3 aromatic carbocycles. The number of rotatable bonds is 4. The number of aromatic nitrogens is 1. The van der Waals surface area contributed by atoms with Crippen LogP contribution < -0.4 is 5.32 Å². The third kappa shape index (κ3) is 3.60. The summed E-state index contributed by atoms with van der Waals surface area (Å²) in [5.41, 5.74) is 3.86. The summed E-state index contributed by atoms with van der Waals surface area (Å²) in [6.45, 7) is 2.05. The van der Waals surface area contributed by atoms with E-state index in [0.717, 1.165) is 20.8 Å². The van der Waals surface area contributed by atoms with Crippen LogP contribution in [0.4, 0.5) is 11.4 Å². The first-order valence-corrected chi connectivity index (χ1v) is 9.35. The second-order valence-electron chi connectivity index (χ2n) is 6.33. The maximum absolute atomic E-state index is 12.3. The number of anilines is 1. The minimum absolute atomic E-state index is 0.117. The molecule has 4 rings (SSSR count). The summed E-state index contributed by atoms with van der Waals surface area (Å²) in [6, 6.07) is 19.2. The Kier molecular flexibility index (Phi) is 4.58. The van der Waals surface area contributed by atoms with Gasteiger partial charge in [0, 0.05) is 28.9 Å². The van der Waals surface area contributed by atoms with Crippen LogP contribution in [0.5, 0.6) is 0 Å². The Morgan fingerprint density at radius 3 is 2.61 bits per heavy atom. The van der Waals surface area contributed by atoms with E-state index in [0.29, 0.717) is 5.69 Å². The summed E-state index contributed by atoms with van der Waals surface area (Å²) < 4.78 is 1.14. The van der Waals surface area contributed by atoms with E-state index in [1.54, 1.807) is 29.5 Å². The molecule has 4 aromatic rings. The number of hydrogen-bond acceptors (Lipinski definition) is 5. The molecule has 0 aliphatic heterocycles. The van der Waals surface area contributed by atoms with Crippen LogP contribution in [0.25, 0.3) is 20.8 Å². The van der Waals surface area contributed by atoms with Gasteiger partial charge in [-0.2, -0.15) is 0 Å². The summed E-state index contributed by atoms with van der Waals surface area (Å²) in [4.78, 5) is 27.3. The fourth-order valence-corrected chi connectivity index (χ4v) is 3.88. The number of aryl methyl sites for hydroxylation is 1. The third-order valence-electron chi connectivity index (χ3n) is 4.25. The third-order valence-corrected chi connectivity index (χ3v) is 5.32. The molecule has 28 heavy (non-hydrogen) atoms. The van der Waals surface area contributed by atoms with Crippen molar-refractivity contribution in [3.05, 3.63) is 88.0 Å². The summed E-state index contributed by atoms with van der Waals surface area (Å²) in [7, 11) is 0. The van der Waals surface area contributed by atoms with E-state index < -0.39 is 10.8 Å². The predicted octanol–water partition coefficient (Wildman–Crippen LogP) is 5.43. The fraction of sp³-hybridized carbons (Fsp3) is 0.0476. The lowest BCUT2D eigenvalue weighted by Crippen LogP contribution is -2.11. The Balaban J connectivity index is 1.53. The standard InChI is InChI=1S/C21H15N3O3S/c1-13-5-10-18-19(11-13)28-21(23-18)14-6-8-16(9-7-14)22-20(25)15-3-2-4-17(12-15)24(26)27/h2-12H,1H3,(H,22,25). The number of carbonyl (C=O) groups is 1. The number of thiazole rings is 1. The molecule has 1 heterocycles. The number of fused-ring (bicyclic) bond motifs is 1. The number of benzene rings is 3. The monoisotopic (exact) mass is 389 g/mol. The first kappa shape index (κ1) is 17.8. The SMILES string of the molecule is Cc1ccc2nc(-c3ccc(NC(=O)c4cccc([N+](=O)[O-])c4)cc3)sc2c1. The highest BCUT2D eigenvalue weighted by atomic mass is 32.1. The number of nitrogens with one attached hydrogen (secondary N) is 1. The molecular formula is C21H15N3O3S. The van der Waals surface area contributed by atoms with Crippen molar-refractivity contribution in [2.75, 3.05) is 5.32 Å². The van der Waals surface area contributed by atoms with Gasteiger partial charge in [0.1, 0.15) is 5.01 Å². The number of nitrogens with zero attached hydrogens (tertiary/aromatic N) is 2. The van der Waals surface area contributed by atoms with Gasteiger partial charge in [0.15, 0.2) is 0 Å². The zero-order chi connectivity index (χ0) is 19.7. The quantitative estimate of drug-likeness (QED) is 0.372. The molecule has 0 spiro atoms. The molecule has 0 aliphatic carbocycles. The molecule has 6 nitrogen and oxygen atoms in total. The lowest BCUT2D eigenvalue weighted by Gasteiger charge is -2.06. The molecule has 7 heteroatoms. The highest BCUT2D eigenvalue weighted by Crippen LogP contribution is 2.31. The second kappa shape index (κ2) is 7.21. The van der Waals surface area contributed by atoms with Gasteiger partial charge < -0.3 is 5.32 Å². The van der Waals surface area contributed by atoms with Crippen LogP contribution in [0.2, 0.25) is 0 Å².